The van der Waals surface area contributed by atoms with Crippen LogP contribution in [0.2, 0.25) is 0 Å². The highest BCUT2D eigenvalue weighted by molar-refractivity contribution is 5.84. The summed E-state index contributed by atoms with van der Waals surface area (Å²) >= 11 is 0. The van der Waals surface area contributed by atoms with Crippen LogP contribution in [-0.2, 0) is 0 Å². The van der Waals surface area contributed by atoms with Gasteiger partial charge in [-0.2, -0.15) is 20.7 Å². The van der Waals surface area contributed by atoms with Crippen LogP contribution in [0, 0.1) is 22.7 Å². The van der Waals surface area contributed by atoms with Crippen LogP contribution in [0.15, 0.2) is 107 Å². The van der Waals surface area contributed by atoms with E-state index in [1.807, 2.05) is 24.3 Å². The normalized spacial score (nSPS) is 10.2. The van der Waals surface area contributed by atoms with Gasteiger partial charge in [0.2, 0.25) is 0 Å². The Morgan fingerprint density at radius 2 is 0.917 bits per heavy atom. The molecule has 8 heteroatoms. The Labute approximate surface area is 208 Å². The first-order valence-corrected chi connectivity index (χ1v) is 10.7. The molecule has 0 aliphatic heterocycles. The fraction of sp³-hybridized carbons (Fsp3) is 0. The number of hydrogen-bond donors (Lipinski definition) is 4. The summed E-state index contributed by atoms with van der Waals surface area (Å²) < 4.78 is 0. The molecule has 176 valence electrons. The fourth-order valence-electron chi connectivity index (χ4n) is 2.78. The second-order valence-electron chi connectivity index (χ2n) is 7.24. The van der Waals surface area contributed by atoms with Gasteiger partial charge in [-0.05, 0) is 72.8 Å². The predicted octanol–water partition coefficient (Wildman–Crippen LogP) is 5.42. The van der Waals surface area contributed by atoms with E-state index in [4.69, 9.17) is 10.5 Å². The molecule has 0 unspecified atom stereocenters. The molecule has 0 heterocycles. The van der Waals surface area contributed by atoms with Gasteiger partial charge in [0.15, 0.2) is 0 Å². The van der Waals surface area contributed by atoms with E-state index in [1.54, 1.807) is 84.9 Å². The molecule has 36 heavy (non-hydrogen) atoms. The zero-order chi connectivity index (χ0) is 25.6. The number of para-hydroxylation sites is 2. The van der Waals surface area contributed by atoms with Gasteiger partial charge in [0, 0.05) is 11.1 Å². The largest absolute Gasteiger partial charge is 0.507 e. The van der Waals surface area contributed by atoms with Gasteiger partial charge in [0.1, 0.15) is 11.5 Å². The van der Waals surface area contributed by atoms with Gasteiger partial charge in [-0.1, -0.05) is 24.3 Å². The minimum Gasteiger partial charge on any atom is -0.507 e. The molecule has 4 aromatic rings. The van der Waals surface area contributed by atoms with Crippen molar-refractivity contribution in [1.82, 2.24) is 0 Å². The second kappa shape index (κ2) is 13.2. The van der Waals surface area contributed by atoms with Crippen molar-refractivity contribution in [3.8, 4) is 23.6 Å². The first kappa shape index (κ1) is 25.0. The van der Waals surface area contributed by atoms with Gasteiger partial charge in [-0.15, -0.1) is 0 Å². The van der Waals surface area contributed by atoms with Gasteiger partial charge >= 0.3 is 0 Å². The van der Waals surface area contributed by atoms with Crippen molar-refractivity contribution in [3.05, 3.63) is 119 Å². The Morgan fingerprint density at radius 1 is 0.556 bits per heavy atom. The van der Waals surface area contributed by atoms with Crippen molar-refractivity contribution in [2.24, 2.45) is 10.2 Å². The molecule has 0 saturated carbocycles. The van der Waals surface area contributed by atoms with Gasteiger partial charge < -0.3 is 10.2 Å². The molecule has 4 rings (SSSR count). The molecule has 0 amide bonds. The van der Waals surface area contributed by atoms with Crippen LogP contribution in [0.25, 0.3) is 0 Å². The smallest absolute Gasteiger partial charge is 0.124 e. The van der Waals surface area contributed by atoms with E-state index in [0.29, 0.717) is 22.3 Å². The average molecular weight is 475 g/mol. The lowest BCUT2D eigenvalue weighted by Crippen LogP contribution is -1.90. The molecule has 8 nitrogen and oxygen atoms in total. The maximum atomic E-state index is 9.52. The van der Waals surface area contributed by atoms with Crippen LogP contribution in [0.5, 0.6) is 11.5 Å². The van der Waals surface area contributed by atoms with E-state index in [1.165, 1.54) is 12.4 Å². The topological polar surface area (TPSA) is 137 Å². The summed E-state index contributed by atoms with van der Waals surface area (Å²) in [7, 11) is 0. The van der Waals surface area contributed by atoms with Crippen molar-refractivity contribution in [2.75, 3.05) is 10.9 Å². The highest BCUT2D eigenvalue weighted by atomic mass is 16.3. The number of nitriles is 2. The number of hydrazone groups is 2. The lowest BCUT2D eigenvalue weighted by molar-refractivity contribution is 0.474. The minimum atomic E-state index is 0.183. The molecule has 0 atom stereocenters. The molecule has 0 aliphatic rings. The molecule has 4 aromatic carbocycles. The van der Waals surface area contributed by atoms with E-state index < -0.39 is 0 Å². The summed E-state index contributed by atoms with van der Waals surface area (Å²) in [6.45, 7) is 0. The Kier molecular flexibility index (Phi) is 9.17. The van der Waals surface area contributed by atoms with Crippen LogP contribution in [0.4, 0.5) is 11.4 Å². The third-order valence-electron chi connectivity index (χ3n) is 4.70. The maximum Gasteiger partial charge on any atom is 0.124 e. The standard InChI is InChI=1S/2C14H11N3O/c2*15-9-11-5-7-13(8-6-11)17-16-10-12-3-1-2-4-14(12)18/h2*1-8,10,17-18H/b2*16-10+. The first-order chi connectivity index (χ1) is 17.6. The molecule has 0 aromatic heterocycles. The number of phenols is 2. The quantitative estimate of drug-likeness (QED) is 0.218. The SMILES string of the molecule is N#Cc1ccc(N/N=C/c2ccccc2O)cc1.N#Cc1ccc(N/N=C/c2ccccc2O)cc1. The van der Waals surface area contributed by atoms with Gasteiger partial charge in [0.25, 0.3) is 0 Å². The zero-order valence-electron chi connectivity index (χ0n) is 19.1. The van der Waals surface area contributed by atoms with Crippen molar-refractivity contribution in [3.63, 3.8) is 0 Å². The number of benzene rings is 4. The minimum absolute atomic E-state index is 0.183. The first-order valence-electron chi connectivity index (χ1n) is 10.7. The molecular weight excluding hydrogens is 452 g/mol. The number of rotatable bonds is 6. The van der Waals surface area contributed by atoms with Crippen molar-refractivity contribution in [2.45, 2.75) is 0 Å². The molecule has 0 radical (unpaired) electrons. The molecule has 4 N–H and O–H groups in total. The Hall–Kier alpha value is -5.60. The summed E-state index contributed by atoms with van der Waals surface area (Å²) in [5, 5.41) is 44.4. The maximum absolute atomic E-state index is 9.52. The molecule has 0 saturated heterocycles. The molecule has 0 spiro atoms. The summed E-state index contributed by atoms with van der Waals surface area (Å²) in [6.07, 6.45) is 3.07. The number of hydrogen-bond acceptors (Lipinski definition) is 8. The van der Waals surface area contributed by atoms with Crippen LogP contribution in [-0.4, -0.2) is 22.6 Å². The highest BCUT2D eigenvalue weighted by Crippen LogP contribution is 2.14. The zero-order valence-corrected chi connectivity index (χ0v) is 19.1. The molecule has 0 bridgehead atoms. The molecular formula is C28H22N6O2. The van der Waals surface area contributed by atoms with Crippen molar-refractivity contribution >= 4 is 23.8 Å². The number of aromatic hydroxyl groups is 2. The monoisotopic (exact) mass is 474 g/mol. The summed E-state index contributed by atoms with van der Waals surface area (Å²) in [6, 6.07) is 31.8. The van der Waals surface area contributed by atoms with Gasteiger partial charge in [0.05, 0.1) is 47.1 Å². The lowest BCUT2D eigenvalue weighted by Gasteiger charge is -2.00. The third-order valence-corrected chi connectivity index (χ3v) is 4.70. The Bertz CT molecular complexity index is 1310. The van der Waals surface area contributed by atoms with E-state index in [2.05, 4.69) is 21.1 Å². The Balaban J connectivity index is 0.000000201. The average Bonchev–Trinajstić information content (AvgIpc) is 2.92. The fourth-order valence-corrected chi connectivity index (χ4v) is 2.78. The van der Waals surface area contributed by atoms with Gasteiger partial charge in [-0.25, -0.2) is 0 Å². The second-order valence-corrected chi connectivity index (χ2v) is 7.24. The molecule has 0 aliphatic carbocycles. The van der Waals surface area contributed by atoms with E-state index in [9.17, 15) is 10.2 Å². The van der Waals surface area contributed by atoms with Crippen LogP contribution in [0.3, 0.4) is 0 Å². The van der Waals surface area contributed by atoms with Crippen LogP contribution in [0.1, 0.15) is 22.3 Å². The van der Waals surface area contributed by atoms with E-state index in [-0.39, 0.29) is 11.5 Å². The summed E-state index contributed by atoms with van der Waals surface area (Å²) in [5.74, 6) is 0.366. The number of nitrogens with one attached hydrogen (secondary N) is 2. The van der Waals surface area contributed by atoms with Crippen molar-refractivity contribution in [1.29, 1.82) is 10.5 Å². The van der Waals surface area contributed by atoms with Crippen molar-refractivity contribution < 1.29 is 10.2 Å². The van der Waals surface area contributed by atoms with Crippen LogP contribution >= 0.6 is 0 Å². The summed E-state index contributed by atoms with van der Waals surface area (Å²) in [4.78, 5) is 0. The van der Waals surface area contributed by atoms with E-state index >= 15 is 0 Å². The Morgan fingerprint density at radius 3 is 1.25 bits per heavy atom. The highest BCUT2D eigenvalue weighted by Gasteiger charge is 1.96. The van der Waals surface area contributed by atoms with E-state index in [0.717, 1.165) is 11.4 Å². The molecule has 0 fully saturated rings. The number of anilines is 2. The van der Waals surface area contributed by atoms with Gasteiger partial charge in [-0.3, -0.25) is 10.9 Å². The third kappa shape index (κ3) is 7.77. The lowest BCUT2D eigenvalue weighted by atomic mass is 10.2. The number of nitrogens with zero attached hydrogens (tertiary/aromatic N) is 4. The number of phenolic OH excluding ortho intramolecular Hbond substituents is 2. The predicted molar refractivity (Wildman–Crippen MR) is 141 cm³/mol. The summed E-state index contributed by atoms with van der Waals surface area (Å²) in [5.41, 5.74) is 9.68. The van der Waals surface area contributed by atoms with Crippen LogP contribution < -0.4 is 10.9 Å².